The Labute approximate surface area is 172 Å². The van der Waals surface area contributed by atoms with Crippen LogP contribution in [0.1, 0.15) is 57.7 Å². The third kappa shape index (κ3) is 5.46. The molecule has 2 aromatic heterocycles. The fourth-order valence-electron chi connectivity index (χ4n) is 3.62. The number of carbonyl (C=O) groups is 1. The minimum absolute atomic E-state index is 0.0225. The van der Waals surface area contributed by atoms with Crippen LogP contribution in [0.3, 0.4) is 0 Å². The van der Waals surface area contributed by atoms with Gasteiger partial charge < -0.3 is 15.4 Å². The Kier molecular flexibility index (Phi) is 6.10. The molecule has 0 unspecified atom stereocenters. The zero-order chi connectivity index (χ0) is 21.2. The molecule has 0 saturated heterocycles. The van der Waals surface area contributed by atoms with Crippen LogP contribution in [0.25, 0.3) is 11.3 Å². The number of aromatic nitrogens is 4. The average Bonchev–Trinajstić information content (AvgIpc) is 3.04. The molecule has 1 amide bonds. The lowest BCUT2D eigenvalue weighted by molar-refractivity contribution is 0.0488. The Morgan fingerprint density at radius 2 is 1.86 bits per heavy atom. The lowest BCUT2D eigenvalue weighted by Gasteiger charge is -2.33. The summed E-state index contributed by atoms with van der Waals surface area (Å²) in [5.41, 5.74) is 3.29. The van der Waals surface area contributed by atoms with E-state index in [1.165, 1.54) is 0 Å². The van der Waals surface area contributed by atoms with Crippen LogP contribution in [0.5, 0.6) is 0 Å². The fraction of sp³-hybridized carbons (Fsp3) is 0.619. The highest BCUT2D eigenvalue weighted by Crippen LogP contribution is 2.26. The molecule has 1 saturated carbocycles. The average molecular weight is 401 g/mol. The van der Waals surface area contributed by atoms with Crippen LogP contribution in [-0.4, -0.2) is 43.5 Å². The number of nitrogens with one attached hydrogen (secondary N) is 2. The maximum absolute atomic E-state index is 12.3. The summed E-state index contributed by atoms with van der Waals surface area (Å²) in [4.78, 5) is 21.7. The van der Waals surface area contributed by atoms with E-state index in [-0.39, 0.29) is 18.2 Å². The van der Waals surface area contributed by atoms with Gasteiger partial charge >= 0.3 is 6.09 Å². The number of nitrogens with zero attached hydrogens (tertiary/aromatic N) is 4. The van der Waals surface area contributed by atoms with Gasteiger partial charge in [0.15, 0.2) is 0 Å². The van der Waals surface area contributed by atoms with E-state index in [0.717, 1.165) is 48.2 Å². The van der Waals surface area contributed by atoms with E-state index >= 15 is 0 Å². The zero-order valence-corrected chi connectivity index (χ0v) is 18.2. The Morgan fingerprint density at radius 1 is 1.17 bits per heavy atom. The van der Waals surface area contributed by atoms with Gasteiger partial charge in [-0.2, -0.15) is 5.10 Å². The van der Waals surface area contributed by atoms with Crippen molar-refractivity contribution >= 4 is 12.0 Å². The third-order valence-electron chi connectivity index (χ3n) is 5.15. The summed E-state index contributed by atoms with van der Waals surface area (Å²) in [6.07, 6.45) is 7.40. The molecule has 0 aromatic carbocycles. The summed E-state index contributed by atoms with van der Waals surface area (Å²) in [5.74, 6) is 0.579. The summed E-state index contributed by atoms with van der Waals surface area (Å²) in [7, 11) is 1.89. The molecule has 1 aliphatic rings. The lowest BCUT2D eigenvalue weighted by atomic mass is 9.90. The number of hydrogen-bond donors (Lipinski definition) is 2. The largest absolute Gasteiger partial charge is 0.444 e. The number of alkyl carbamates (subject to hydrolysis) is 1. The molecule has 29 heavy (non-hydrogen) atoms. The number of hydrogen-bond acceptors (Lipinski definition) is 6. The maximum atomic E-state index is 12.3. The van der Waals surface area contributed by atoms with Gasteiger partial charge in [0.2, 0.25) is 5.95 Å². The normalized spacial score (nSPS) is 19.7. The summed E-state index contributed by atoms with van der Waals surface area (Å²) in [6, 6.07) is 0.0331. The first-order valence-corrected chi connectivity index (χ1v) is 10.2. The van der Waals surface area contributed by atoms with E-state index in [1.54, 1.807) is 4.68 Å². The molecule has 0 aliphatic heterocycles. The topological polar surface area (TPSA) is 94.0 Å². The zero-order valence-electron chi connectivity index (χ0n) is 18.2. The Morgan fingerprint density at radius 3 is 2.48 bits per heavy atom. The molecule has 8 nitrogen and oxygen atoms in total. The standard InChI is InChI=1S/C21H32N6O2/c1-13-14(2)23-19(26-18(13)15-11-22-27(6)12-15)24-16-9-7-8-10-17(16)25-20(28)29-21(3,4)5/h11-12,16-17H,7-10H2,1-6H3,(H,25,28)(H,23,24,26)/t16-,17+/m1/s1. The maximum Gasteiger partial charge on any atom is 0.407 e. The van der Waals surface area contributed by atoms with Crippen molar-refractivity contribution in [3.05, 3.63) is 23.7 Å². The van der Waals surface area contributed by atoms with Gasteiger partial charge in [0.05, 0.1) is 17.9 Å². The summed E-state index contributed by atoms with van der Waals surface area (Å²) < 4.78 is 7.20. The van der Waals surface area contributed by atoms with Gasteiger partial charge in [-0.25, -0.2) is 14.8 Å². The van der Waals surface area contributed by atoms with E-state index in [9.17, 15) is 4.79 Å². The van der Waals surface area contributed by atoms with Crippen LogP contribution in [0.15, 0.2) is 12.4 Å². The second-order valence-electron chi connectivity index (χ2n) is 8.80. The Bertz CT molecular complexity index is 871. The molecular weight excluding hydrogens is 368 g/mol. The van der Waals surface area contributed by atoms with E-state index in [2.05, 4.69) is 20.7 Å². The van der Waals surface area contributed by atoms with E-state index in [0.29, 0.717) is 5.95 Å². The second-order valence-corrected chi connectivity index (χ2v) is 8.80. The molecule has 3 rings (SSSR count). The molecule has 8 heteroatoms. The minimum Gasteiger partial charge on any atom is -0.444 e. The first-order chi connectivity index (χ1) is 13.6. The molecule has 2 atom stereocenters. The van der Waals surface area contributed by atoms with Crippen molar-refractivity contribution in [3.8, 4) is 11.3 Å². The van der Waals surface area contributed by atoms with Crippen LogP contribution in [-0.2, 0) is 11.8 Å². The fourth-order valence-corrected chi connectivity index (χ4v) is 3.62. The van der Waals surface area contributed by atoms with Crippen LogP contribution in [0.4, 0.5) is 10.7 Å². The number of anilines is 1. The molecule has 1 aliphatic carbocycles. The van der Waals surface area contributed by atoms with Gasteiger partial charge in [-0.05, 0) is 53.0 Å². The van der Waals surface area contributed by atoms with Gasteiger partial charge in [0.25, 0.3) is 0 Å². The first-order valence-electron chi connectivity index (χ1n) is 10.2. The number of rotatable bonds is 4. The molecular formula is C21H32N6O2. The highest BCUT2D eigenvalue weighted by Gasteiger charge is 2.29. The Hall–Kier alpha value is -2.64. The highest BCUT2D eigenvalue weighted by molar-refractivity contribution is 5.68. The van der Waals surface area contributed by atoms with Crippen molar-refractivity contribution < 1.29 is 9.53 Å². The molecule has 1 fully saturated rings. The van der Waals surface area contributed by atoms with Crippen LogP contribution in [0.2, 0.25) is 0 Å². The molecule has 0 radical (unpaired) electrons. The number of amides is 1. The monoisotopic (exact) mass is 400 g/mol. The quantitative estimate of drug-likeness (QED) is 0.812. The van der Waals surface area contributed by atoms with Gasteiger partial charge in [0, 0.05) is 30.5 Å². The van der Waals surface area contributed by atoms with Crippen molar-refractivity contribution in [1.29, 1.82) is 0 Å². The van der Waals surface area contributed by atoms with E-state index < -0.39 is 5.60 Å². The van der Waals surface area contributed by atoms with Crippen molar-refractivity contribution in [2.45, 2.75) is 78.0 Å². The molecule has 158 valence electrons. The predicted octanol–water partition coefficient (Wildman–Crippen LogP) is 3.74. The van der Waals surface area contributed by atoms with Crippen molar-refractivity contribution in [2.75, 3.05) is 5.32 Å². The number of aryl methyl sites for hydroxylation is 2. The summed E-state index contributed by atoms with van der Waals surface area (Å²) in [5, 5.41) is 10.8. The van der Waals surface area contributed by atoms with Crippen LogP contribution >= 0.6 is 0 Å². The van der Waals surface area contributed by atoms with Gasteiger partial charge in [-0.1, -0.05) is 12.8 Å². The minimum atomic E-state index is -0.516. The third-order valence-corrected chi connectivity index (χ3v) is 5.15. The highest BCUT2D eigenvalue weighted by atomic mass is 16.6. The van der Waals surface area contributed by atoms with Crippen molar-refractivity contribution in [1.82, 2.24) is 25.1 Å². The number of ether oxygens (including phenoxy) is 1. The number of carbonyl (C=O) groups excluding carboxylic acids is 1. The lowest BCUT2D eigenvalue weighted by Crippen LogP contribution is -2.50. The van der Waals surface area contributed by atoms with Crippen molar-refractivity contribution in [3.63, 3.8) is 0 Å². The van der Waals surface area contributed by atoms with Gasteiger partial charge in [-0.3, -0.25) is 4.68 Å². The SMILES string of the molecule is Cc1nc(N[C@@H]2CCCC[C@@H]2NC(=O)OC(C)(C)C)nc(-c2cnn(C)c2)c1C. The molecule has 2 N–H and O–H groups in total. The second kappa shape index (κ2) is 8.39. The molecule has 0 spiro atoms. The summed E-state index contributed by atoms with van der Waals surface area (Å²) >= 11 is 0. The van der Waals surface area contributed by atoms with E-state index in [1.807, 2.05) is 54.1 Å². The molecule has 0 bridgehead atoms. The first kappa shape index (κ1) is 21.1. The predicted molar refractivity (Wildman–Crippen MR) is 113 cm³/mol. The molecule has 2 aromatic rings. The van der Waals surface area contributed by atoms with Gasteiger partial charge in [-0.15, -0.1) is 0 Å². The van der Waals surface area contributed by atoms with Crippen LogP contribution in [0, 0.1) is 13.8 Å². The molecule has 2 heterocycles. The van der Waals surface area contributed by atoms with Gasteiger partial charge in [0.1, 0.15) is 5.60 Å². The van der Waals surface area contributed by atoms with Crippen LogP contribution < -0.4 is 10.6 Å². The smallest absolute Gasteiger partial charge is 0.407 e. The summed E-state index contributed by atoms with van der Waals surface area (Å²) in [6.45, 7) is 9.61. The van der Waals surface area contributed by atoms with Crippen molar-refractivity contribution in [2.24, 2.45) is 7.05 Å². The van der Waals surface area contributed by atoms with E-state index in [4.69, 9.17) is 9.72 Å². The Balaban J connectivity index is 1.78.